The van der Waals surface area contributed by atoms with Crippen LogP contribution in [0.5, 0.6) is 5.75 Å². The van der Waals surface area contributed by atoms with E-state index in [9.17, 15) is 23.2 Å². The van der Waals surface area contributed by atoms with E-state index in [1.54, 1.807) is 0 Å². The molecule has 4 N–H and O–H groups in total. The van der Waals surface area contributed by atoms with Crippen molar-refractivity contribution >= 4 is 35.4 Å². The molecule has 0 radical (unpaired) electrons. The van der Waals surface area contributed by atoms with Crippen molar-refractivity contribution in [1.82, 2.24) is 5.32 Å². The van der Waals surface area contributed by atoms with Crippen LogP contribution in [0.4, 0.5) is 19.3 Å². The number of primary amides is 1. The zero-order valence-corrected chi connectivity index (χ0v) is 14.7. The van der Waals surface area contributed by atoms with Gasteiger partial charge in [-0.15, -0.1) is 0 Å². The molecular weight excluding hydrogens is 372 g/mol. The van der Waals surface area contributed by atoms with Gasteiger partial charge in [-0.25, -0.2) is 9.59 Å². The van der Waals surface area contributed by atoms with Crippen molar-refractivity contribution in [2.75, 3.05) is 23.9 Å². The van der Waals surface area contributed by atoms with Crippen molar-refractivity contribution in [1.29, 1.82) is 0 Å². The zero-order chi connectivity index (χ0) is 19.5. The average Bonchev–Trinajstić information content (AvgIpc) is 2.57. The Balaban J connectivity index is 2.48. The van der Waals surface area contributed by atoms with E-state index in [4.69, 9.17) is 10.5 Å². The number of rotatable bonds is 10. The Bertz CT molecular complexity index is 616. The highest BCUT2D eigenvalue weighted by molar-refractivity contribution is 7.98. The van der Waals surface area contributed by atoms with E-state index in [0.717, 1.165) is 0 Å². The minimum absolute atomic E-state index is 0.0569. The van der Waals surface area contributed by atoms with Crippen molar-refractivity contribution in [3.05, 3.63) is 24.3 Å². The van der Waals surface area contributed by atoms with Gasteiger partial charge in [0.15, 0.2) is 6.61 Å². The number of benzene rings is 1. The van der Waals surface area contributed by atoms with Gasteiger partial charge in [0.1, 0.15) is 11.8 Å². The zero-order valence-electron chi connectivity index (χ0n) is 13.9. The first-order valence-electron chi connectivity index (χ1n) is 7.38. The molecule has 0 heterocycles. The number of urea groups is 1. The van der Waals surface area contributed by atoms with Crippen molar-refractivity contribution in [2.24, 2.45) is 5.73 Å². The summed E-state index contributed by atoms with van der Waals surface area (Å²) in [5.41, 5.74) is 5.31. The highest BCUT2D eigenvalue weighted by Crippen LogP contribution is 2.17. The molecule has 0 unspecified atom stereocenters. The lowest BCUT2D eigenvalue weighted by atomic mass is 10.2. The van der Waals surface area contributed by atoms with Crippen LogP contribution in [0, 0.1) is 0 Å². The maximum atomic E-state index is 12.1. The summed E-state index contributed by atoms with van der Waals surface area (Å²) in [7, 11) is 0. The van der Waals surface area contributed by atoms with Gasteiger partial charge >= 0.3 is 18.6 Å². The molecule has 0 saturated heterocycles. The summed E-state index contributed by atoms with van der Waals surface area (Å²) in [5, 5.41) is 4.68. The van der Waals surface area contributed by atoms with Gasteiger partial charge < -0.3 is 25.8 Å². The molecule has 26 heavy (non-hydrogen) atoms. The van der Waals surface area contributed by atoms with Crippen LogP contribution in [-0.4, -0.2) is 49.2 Å². The number of hydrogen-bond donors (Lipinski definition) is 3. The summed E-state index contributed by atoms with van der Waals surface area (Å²) in [6.45, 7) is -3.52. The minimum atomic E-state index is -2.94. The Hall–Kier alpha value is -2.56. The number of hydrogen-bond acceptors (Lipinski definition) is 6. The number of ether oxygens (including phenoxy) is 2. The molecule has 1 aromatic rings. The van der Waals surface area contributed by atoms with Gasteiger partial charge in [0.05, 0.1) is 0 Å². The average molecular weight is 391 g/mol. The van der Waals surface area contributed by atoms with E-state index in [0.29, 0.717) is 17.9 Å². The Labute approximate surface area is 152 Å². The van der Waals surface area contributed by atoms with E-state index in [2.05, 4.69) is 15.4 Å². The Kier molecular flexibility index (Phi) is 9.20. The Morgan fingerprint density at radius 1 is 1.23 bits per heavy atom. The normalized spacial score (nSPS) is 11.5. The second-order valence-corrected chi connectivity index (χ2v) is 5.89. The van der Waals surface area contributed by atoms with Crippen LogP contribution < -0.4 is 21.1 Å². The van der Waals surface area contributed by atoms with E-state index in [1.807, 2.05) is 6.26 Å². The highest BCUT2D eigenvalue weighted by atomic mass is 32.2. The second-order valence-electron chi connectivity index (χ2n) is 4.90. The number of nitrogens with one attached hydrogen (secondary N) is 2. The number of anilines is 1. The van der Waals surface area contributed by atoms with E-state index >= 15 is 0 Å². The fraction of sp³-hybridized carbons (Fsp3) is 0.400. The van der Waals surface area contributed by atoms with Gasteiger partial charge in [0.25, 0.3) is 5.91 Å². The molecule has 0 saturated carbocycles. The molecule has 0 fully saturated rings. The molecule has 3 amide bonds. The molecule has 11 heteroatoms. The Morgan fingerprint density at radius 2 is 1.88 bits per heavy atom. The molecule has 1 aromatic carbocycles. The fourth-order valence-electron chi connectivity index (χ4n) is 1.81. The largest absolute Gasteiger partial charge is 0.454 e. The molecule has 0 aromatic heterocycles. The number of carbonyl (C=O) groups excluding carboxylic acids is 3. The van der Waals surface area contributed by atoms with Gasteiger partial charge in [0, 0.05) is 5.69 Å². The number of esters is 1. The summed E-state index contributed by atoms with van der Waals surface area (Å²) in [4.78, 5) is 34.6. The highest BCUT2D eigenvalue weighted by Gasteiger charge is 2.21. The van der Waals surface area contributed by atoms with E-state index in [1.165, 1.54) is 36.0 Å². The summed E-state index contributed by atoms with van der Waals surface area (Å²) in [6, 6.07) is 3.40. The van der Waals surface area contributed by atoms with Crippen molar-refractivity contribution in [2.45, 2.75) is 19.1 Å². The van der Waals surface area contributed by atoms with Crippen LogP contribution in [0.3, 0.4) is 0 Å². The van der Waals surface area contributed by atoms with Crippen LogP contribution in [0.15, 0.2) is 24.3 Å². The smallest absolute Gasteiger partial charge is 0.387 e. The summed E-state index contributed by atoms with van der Waals surface area (Å²) in [6.07, 6.45) is 2.13. The number of thioether (sulfide) groups is 1. The standard InChI is InChI=1S/C15H19F2N3O5S/c1-26-7-6-11(20-15(18)23)13(22)24-8-12(21)19-9-2-4-10(5-3-9)25-14(16)17/h2-5,11,14H,6-8H2,1H3,(H,19,21)(H3,18,20,23)/t11-/m0/s1. The van der Waals surface area contributed by atoms with Gasteiger partial charge in [-0.3, -0.25) is 4.79 Å². The van der Waals surface area contributed by atoms with Crippen molar-refractivity contribution < 1.29 is 32.6 Å². The molecule has 8 nitrogen and oxygen atoms in total. The molecular formula is C15H19F2N3O5S. The van der Waals surface area contributed by atoms with Gasteiger partial charge in [-0.05, 0) is 42.7 Å². The van der Waals surface area contributed by atoms with Crippen molar-refractivity contribution in [3.8, 4) is 5.75 Å². The first-order chi connectivity index (χ1) is 12.3. The molecule has 0 aliphatic carbocycles. The van der Waals surface area contributed by atoms with Gasteiger partial charge in [0.2, 0.25) is 0 Å². The van der Waals surface area contributed by atoms with Gasteiger partial charge in [-0.1, -0.05) is 0 Å². The SMILES string of the molecule is CSCC[C@H](NC(N)=O)C(=O)OCC(=O)Nc1ccc(OC(F)F)cc1. The quantitative estimate of drug-likeness (QED) is 0.521. The molecule has 1 atom stereocenters. The molecule has 1 rings (SSSR count). The van der Waals surface area contributed by atoms with E-state index < -0.39 is 37.2 Å². The third-order valence-electron chi connectivity index (χ3n) is 2.92. The van der Waals surface area contributed by atoms with Crippen LogP contribution in [-0.2, 0) is 14.3 Å². The Morgan fingerprint density at radius 3 is 2.42 bits per heavy atom. The summed E-state index contributed by atoms with van der Waals surface area (Å²) >= 11 is 1.47. The lowest BCUT2D eigenvalue weighted by Gasteiger charge is -2.16. The third kappa shape index (κ3) is 8.51. The molecule has 0 aliphatic heterocycles. The lowest BCUT2D eigenvalue weighted by Crippen LogP contribution is -2.45. The lowest BCUT2D eigenvalue weighted by molar-refractivity contribution is -0.149. The summed E-state index contributed by atoms with van der Waals surface area (Å²) < 4.78 is 33.1. The predicted octanol–water partition coefficient (Wildman–Crippen LogP) is 1.56. The molecule has 144 valence electrons. The molecule has 0 bridgehead atoms. The number of carbonyl (C=O) groups is 3. The first kappa shape index (κ1) is 21.5. The number of amides is 3. The van der Waals surface area contributed by atoms with Crippen molar-refractivity contribution in [3.63, 3.8) is 0 Å². The topological polar surface area (TPSA) is 120 Å². The minimum Gasteiger partial charge on any atom is -0.454 e. The van der Waals surface area contributed by atoms with Crippen LogP contribution in [0.1, 0.15) is 6.42 Å². The number of alkyl halides is 2. The van der Waals surface area contributed by atoms with Crippen LogP contribution in [0.2, 0.25) is 0 Å². The van der Waals surface area contributed by atoms with Crippen LogP contribution >= 0.6 is 11.8 Å². The molecule has 0 aliphatic rings. The van der Waals surface area contributed by atoms with Gasteiger partial charge in [-0.2, -0.15) is 20.5 Å². The monoisotopic (exact) mass is 391 g/mol. The number of halogens is 2. The maximum Gasteiger partial charge on any atom is 0.387 e. The molecule has 0 spiro atoms. The summed E-state index contributed by atoms with van der Waals surface area (Å²) in [5.74, 6) is -0.893. The number of nitrogens with two attached hydrogens (primary N) is 1. The predicted molar refractivity (Wildman–Crippen MR) is 92.2 cm³/mol. The first-order valence-corrected chi connectivity index (χ1v) is 8.77. The third-order valence-corrected chi connectivity index (χ3v) is 3.56. The second kappa shape index (κ2) is 11.1. The van der Waals surface area contributed by atoms with Crippen LogP contribution in [0.25, 0.3) is 0 Å². The van der Waals surface area contributed by atoms with E-state index in [-0.39, 0.29) is 5.75 Å². The fourth-order valence-corrected chi connectivity index (χ4v) is 2.28. The maximum absolute atomic E-state index is 12.1.